The van der Waals surface area contributed by atoms with Crippen molar-refractivity contribution in [3.05, 3.63) is 73.1 Å². The molecule has 0 saturated carbocycles. The fourth-order valence-corrected chi connectivity index (χ4v) is 3.19. The van der Waals surface area contributed by atoms with Crippen LogP contribution in [0.3, 0.4) is 0 Å². The molecule has 0 bridgehead atoms. The third kappa shape index (κ3) is 4.15. The average Bonchev–Trinajstić information content (AvgIpc) is 2.73. The van der Waals surface area contributed by atoms with Gasteiger partial charge in [0.1, 0.15) is 0 Å². The van der Waals surface area contributed by atoms with E-state index >= 15 is 0 Å². The minimum Gasteiger partial charge on any atom is -0.383 e. The Morgan fingerprint density at radius 3 is 2.37 bits per heavy atom. The van der Waals surface area contributed by atoms with Crippen LogP contribution in [0.15, 0.2) is 73.1 Å². The molecule has 0 spiro atoms. The Labute approximate surface area is 158 Å². The number of rotatable bonds is 8. The molecule has 5 nitrogen and oxygen atoms in total. The third-order valence-corrected chi connectivity index (χ3v) is 4.52. The zero-order chi connectivity index (χ0) is 18.3. The number of benzene rings is 2. The van der Waals surface area contributed by atoms with E-state index in [1.807, 2.05) is 42.7 Å². The monoisotopic (exact) mass is 357 g/mol. The van der Waals surface area contributed by atoms with Gasteiger partial charge in [0.2, 0.25) is 0 Å². The largest absolute Gasteiger partial charge is 0.383 e. The first-order valence-electron chi connectivity index (χ1n) is 9.28. The van der Waals surface area contributed by atoms with E-state index in [1.165, 1.54) is 0 Å². The van der Waals surface area contributed by atoms with Crippen molar-refractivity contribution >= 4 is 33.2 Å². The van der Waals surface area contributed by atoms with Crippen LogP contribution < -0.4 is 16.0 Å². The summed E-state index contributed by atoms with van der Waals surface area (Å²) in [7, 11) is 0. The number of fused-ring (bicyclic) bond motifs is 2. The van der Waals surface area contributed by atoms with Gasteiger partial charge in [-0.1, -0.05) is 36.4 Å². The summed E-state index contributed by atoms with van der Waals surface area (Å²) in [5.41, 5.74) is 4.24. The highest BCUT2D eigenvalue weighted by Crippen LogP contribution is 2.21. The summed E-state index contributed by atoms with van der Waals surface area (Å²) in [4.78, 5) is 8.86. The van der Waals surface area contributed by atoms with E-state index in [2.05, 4.69) is 56.3 Å². The van der Waals surface area contributed by atoms with Gasteiger partial charge in [-0.05, 0) is 24.3 Å². The maximum Gasteiger partial charge on any atom is 0.0933 e. The Kier molecular flexibility index (Phi) is 5.41. The predicted octanol–water partition coefficient (Wildman–Crippen LogP) is 3.90. The van der Waals surface area contributed by atoms with Crippen LogP contribution in [0.5, 0.6) is 0 Å². The lowest BCUT2D eigenvalue weighted by molar-refractivity contribution is 0.719. The third-order valence-electron chi connectivity index (χ3n) is 4.52. The highest BCUT2D eigenvalue weighted by molar-refractivity contribution is 5.91. The van der Waals surface area contributed by atoms with Crippen molar-refractivity contribution in [2.24, 2.45) is 0 Å². The van der Waals surface area contributed by atoms with Gasteiger partial charge in [0.15, 0.2) is 0 Å². The fourth-order valence-electron chi connectivity index (χ4n) is 3.19. The minimum absolute atomic E-state index is 0.855. The molecule has 2 aromatic carbocycles. The molecule has 0 aliphatic rings. The number of para-hydroxylation sites is 2. The average molecular weight is 357 g/mol. The Balaban J connectivity index is 1.22. The lowest BCUT2D eigenvalue weighted by atomic mass is 10.2. The zero-order valence-electron chi connectivity index (χ0n) is 15.2. The maximum atomic E-state index is 4.47. The summed E-state index contributed by atoms with van der Waals surface area (Å²) >= 11 is 0. The minimum atomic E-state index is 0.855. The van der Waals surface area contributed by atoms with E-state index in [9.17, 15) is 0 Å². The Morgan fingerprint density at radius 1 is 0.630 bits per heavy atom. The summed E-state index contributed by atoms with van der Waals surface area (Å²) in [5.74, 6) is 0. The van der Waals surface area contributed by atoms with Gasteiger partial charge in [0.25, 0.3) is 0 Å². The SMILES string of the molecule is c1cnc2c(NCCNCCNc3ccnc4ccccc34)cccc2c1. The molecule has 0 saturated heterocycles. The quantitative estimate of drug-likeness (QED) is 0.418. The van der Waals surface area contributed by atoms with Crippen molar-refractivity contribution in [3.8, 4) is 0 Å². The summed E-state index contributed by atoms with van der Waals surface area (Å²) in [5, 5.41) is 12.7. The van der Waals surface area contributed by atoms with Gasteiger partial charge in [-0.25, -0.2) is 0 Å². The molecule has 0 atom stereocenters. The van der Waals surface area contributed by atoms with Crippen LogP contribution in [0.4, 0.5) is 11.4 Å². The van der Waals surface area contributed by atoms with Crippen molar-refractivity contribution in [2.75, 3.05) is 36.8 Å². The molecular formula is C22H23N5. The second kappa shape index (κ2) is 8.47. The standard InChI is InChI=1S/C22H23N5/c1-2-8-19-18(7-1)20(10-12-24-19)25-15-13-23-14-16-26-21-9-3-5-17-6-4-11-27-22(17)21/h1-12,23,26H,13-16H2,(H,24,25). The van der Waals surface area contributed by atoms with Crippen molar-refractivity contribution in [2.45, 2.75) is 0 Å². The van der Waals surface area contributed by atoms with Crippen molar-refractivity contribution in [1.29, 1.82) is 0 Å². The van der Waals surface area contributed by atoms with Crippen molar-refractivity contribution in [3.63, 3.8) is 0 Å². The lowest BCUT2D eigenvalue weighted by Crippen LogP contribution is -2.27. The number of nitrogens with one attached hydrogen (secondary N) is 3. The molecule has 0 aliphatic heterocycles. The van der Waals surface area contributed by atoms with Crippen LogP contribution in [0.1, 0.15) is 0 Å². The molecule has 4 rings (SSSR count). The van der Waals surface area contributed by atoms with Gasteiger partial charge >= 0.3 is 0 Å². The van der Waals surface area contributed by atoms with Gasteiger partial charge < -0.3 is 16.0 Å². The molecule has 0 unspecified atom stereocenters. The van der Waals surface area contributed by atoms with E-state index in [-0.39, 0.29) is 0 Å². The molecule has 3 N–H and O–H groups in total. The van der Waals surface area contributed by atoms with Crippen molar-refractivity contribution < 1.29 is 0 Å². The van der Waals surface area contributed by atoms with Crippen LogP contribution in [-0.2, 0) is 0 Å². The summed E-state index contributed by atoms with van der Waals surface area (Å²) in [6, 6.07) is 20.5. The Bertz CT molecular complexity index is 937. The molecule has 0 fully saturated rings. The van der Waals surface area contributed by atoms with E-state index in [0.717, 1.165) is 59.4 Å². The smallest absolute Gasteiger partial charge is 0.0933 e. The fraction of sp³-hybridized carbons (Fsp3) is 0.182. The van der Waals surface area contributed by atoms with E-state index in [1.54, 1.807) is 0 Å². The van der Waals surface area contributed by atoms with Gasteiger partial charge in [-0.15, -0.1) is 0 Å². The number of aromatic nitrogens is 2. The number of hydrogen-bond acceptors (Lipinski definition) is 5. The molecule has 0 amide bonds. The Hall–Kier alpha value is -3.18. The predicted molar refractivity (Wildman–Crippen MR) is 113 cm³/mol. The number of pyridine rings is 2. The Morgan fingerprint density at radius 2 is 1.44 bits per heavy atom. The van der Waals surface area contributed by atoms with Crippen molar-refractivity contribution in [1.82, 2.24) is 15.3 Å². The van der Waals surface area contributed by atoms with E-state index in [0.29, 0.717) is 0 Å². The molecule has 4 aromatic rings. The van der Waals surface area contributed by atoms with Gasteiger partial charge in [-0.2, -0.15) is 0 Å². The maximum absolute atomic E-state index is 4.47. The molecule has 27 heavy (non-hydrogen) atoms. The first kappa shape index (κ1) is 17.2. The van der Waals surface area contributed by atoms with Crippen LogP contribution in [-0.4, -0.2) is 36.1 Å². The molecule has 0 aliphatic carbocycles. The molecule has 5 heteroatoms. The second-order valence-corrected chi connectivity index (χ2v) is 6.36. The summed E-state index contributed by atoms with van der Waals surface area (Å²) in [6.07, 6.45) is 3.68. The second-order valence-electron chi connectivity index (χ2n) is 6.36. The first-order chi connectivity index (χ1) is 13.4. The molecule has 0 radical (unpaired) electrons. The van der Waals surface area contributed by atoms with Gasteiger partial charge in [0, 0.05) is 55.0 Å². The van der Waals surface area contributed by atoms with Crippen LogP contribution in [0.25, 0.3) is 21.8 Å². The van der Waals surface area contributed by atoms with E-state index < -0.39 is 0 Å². The van der Waals surface area contributed by atoms with E-state index in [4.69, 9.17) is 0 Å². The van der Waals surface area contributed by atoms with Gasteiger partial charge in [0.05, 0.1) is 16.7 Å². The van der Waals surface area contributed by atoms with Gasteiger partial charge in [-0.3, -0.25) is 9.97 Å². The normalized spacial score (nSPS) is 11.0. The molecule has 136 valence electrons. The first-order valence-corrected chi connectivity index (χ1v) is 9.28. The zero-order valence-corrected chi connectivity index (χ0v) is 15.2. The molecule has 2 heterocycles. The highest BCUT2D eigenvalue weighted by atomic mass is 15.0. The number of hydrogen-bond donors (Lipinski definition) is 3. The molecule has 2 aromatic heterocycles. The number of nitrogens with zero attached hydrogens (tertiary/aromatic N) is 2. The topological polar surface area (TPSA) is 61.9 Å². The lowest BCUT2D eigenvalue weighted by Gasteiger charge is -2.11. The molecular weight excluding hydrogens is 334 g/mol. The summed E-state index contributed by atoms with van der Waals surface area (Å²) in [6.45, 7) is 3.51. The van der Waals surface area contributed by atoms with Crippen LogP contribution in [0.2, 0.25) is 0 Å². The summed E-state index contributed by atoms with van der Waals surface area (Å²) < 4.78 is 0. The van der Waals surface area contributed by atoms with Crippen LogP contribution >= 0.6 is 0 Å². The highest BCUT2D eigenvalue weighted by Gasteiger charge is 2.01. The number of anilines is 2. The van der Waals surface area contributed by atoms with Crippen LogP contribution in [0, 0.1) is 0 Å².